The molecule has 0 bridgehead atoms. The smallest absolute Gasteiger partial charge is 0.312 e. The second kappa shape index (κ2) is 4.37. The molecule has 1 saturated heterocycles. The van der Waals surface area contributed by atoms with Crippen molar-refractivity contribution in [1.82, 2.24) is 9.80 Å². The molecular formula is C12H13ClN2O2. The summed E-state index contributed by atoms with van der Waals surface area (Å²) in [6.07, 6.45) is 0. The van der Waals surface area contributed by atoms with Crippen molar-refractivity contribution in [3.8, 4) is 0 Å². The van der Waals surface area contributed by atoms with Gasteiger partial charge >= 0.3 is 11.8 Å². The van der Waals surface area contributed by atoms with Gasteiger partial charge in [0.05, 0.1) is 6.04 Å². The summed E-state index contributed by atoms with van der Waals surface area (Å²) >= 11 is 5.82. The highest BCUT2D eigenvalue weighted by molar-refractivity contribution is 6.35. The van der Waals surface area contributed by atoms with E-state index in [-0.39, 0.29) is 6.04 Å². The fraction of sp³-hybridized carbons (Fsp3) is 0.333. The molecule has 1 aromatic carbocycles. The number of nitrogens with zero attached hydrogens (tertiary/aromatic N) is 2. The summed E-state index contributed by atoms with van der Waals surface area (Å²) in [5, 5.41) is 0.656. The number of piperazine rings is 1. The Balaban J connectivity index is 2.29. The van der Waals surface area contributed by atoms with Gasteiger partial charge in [0.25, 0.3) is 0 Å². The van der Waals surface area contributed by atoms with Crippen molar-refractivity contribution in [2.75, 3.05) is 20.6 Å². The van der Waals surface area contributed by atoms with E-state index in [0.717, 1.165) is 5.56 Å². The second-order valence-electron chi connectivity index (χ2n) is 4.17. The molecular weight excluding hydrogens is 240 g/mol. The molecule has 4 nitrogen and oxygen atoms in total. The van der Waals surface area contributed by atoms with Gasteiger partial charge < -0.3 is 9.80 Å². The van der Waals surface area contributed by atoms with Crippen LogP contribution in [0, 0.1) is 0 Å². The van der Waals surface area contributed by atoms with Crippen LogP contribution in [0.3, 0.4) is 0 Å². The van der Waals surface area contributed by atoms with Crippen LogP contribution in [0.4, 0.5) is 0 Å². The normalized spacial score (nSPS) is 21.0. The molecule has 0 aliphatic carbocycles. The van der Waals surface area contributed by atoms with E-state index in [4.69, 9.17) is 11.6 Å². The highest BCUT2D eigenvalue weighted by Crippen LogP contribution is 2.25. The fourth-order valence-electron chi connectivity index (χ4n) is 1.93. The monoisotopic (exact) mass is 252 g/mol. The fourth-order valence-corrected chi connectivity index (χ4v) is 2.06. The minimum Gasteiger partial charge on any atom is -0.335 e. The lowest BCUT2D eigenvalue weighted by Crippen LogP contribution is -2.52. The molecule has 2 amide bonds. The number of carbonyl (C=O) groups is 2. The zero-order valence-corrected chi connectivity index (χ0v) is 10.4. The van der Waals surface area contributed by atoms with E-state index in [1.807, 2.05) is 12.1 Å². The van der Waals surface area contributed by atoms with Crippen molar-refractivity contribution in [2.24, 2.45) is 0 Å². The molecule has 1 aliphatic rings. The Kier molecular flexibility index (Phi) is 3.07. The number of amides is 2. The largest absolute Gasteiger partial charge is 0.335 e. The van der Waals surface area contributed by atoms with Gasteiger partial charge in [-0.3, -0.25) is 9.59 Å². The Hall–Kier alpha value is -1.55. The SMILES string of the molecule is CN1CC(c2ccc(Cl)cc2)N(C)C(=O)C1=O. The molecule has 0 N–H and O–H groups in total. The standard InChI is InChI=1S/C12H13ClN2O2/c1-14-7-10(15(2)12(17)11(14)16)8-3-5-9(13)6-4-8/h3-6,10H,7H2,1-2H3. The maximum absolute atomic E-state index is 11.7. The van der Waals surface area contributed by atoms with Crippen molar-refractivity contribution in [2.45, 2.75) is 6.04 Å². The van der Waals surface area contributed by atoms with Gasteiger partial charge in [0.1, 0.15) is 0 Å². The number of rotatable bonds is 1. The summed E-state index contributed by atoms with van der Waals surface area (Å²) in [5.74, 6) is -0.934. The van der Waals surface area contributed by atoms with E-state index in [2.05, 4.69) is 0 Å². The zero-order chi connectivity index (χ0) is 12.6. The molecule has 0 radical (unpaired) electrons. The number of carbonyl (C=O) groups excluding carboxylic acids is 2. The van der Waals surface area contributed by atoms with Gasteiger partial charge in [0.15, 0.2) is 0 Å². The Morgan fingerprint density at radius 1 is 1.12 bits per heavy atom. The minimum atomic E-state index is -0.473. The quantitative estimate of drug-likeness (QED) is 0.707. The summed E-state index contributed by atoms with van der Waals surface area (Å²) in [6, 6.07) is 7.21. The minimum absolute atomic E-state index is 0.109. The van der Waals surface area contributed by atoms with Crippen LogP contribution in [0.2, 0.25) is 5.02 Å². The third-order valence-corrected chi connectivity index (χ3v) is 3.27. The summed E-state index contributed by atoms with van der Waals surface area (Å²) in [7, 11) is 3.28. The molecule has 2 rings (SSSR count). The number of likely N-dealkylation sites (N-methyl/N-ethyl adjacent to an activating group) is 2. The molecule has 1 unspecified atom stereocenters. The Labute approximate surface area is 105 Å². The molecule has 1 aromatic rings. The van der Waals surface area contributed by atoms with Gasteiger partial charge in [-0.05, 0) is 17.7 Å². The molecule has 0 aromatic heterocycles. The van der Waals surface area contributed by atoms with Crippen LogP contribution >= 0.6 is 11.6 Å². The van der Waals surface area contributed by atoms with E-state index in [1.165, 1.54) is 9.80 Å². The van der Waals surface area contributed by atoms with Crippen LogP contribution in [0.25, 0.3) is 0 Å². The lowest BCUT2D eigenvalue weighted by atomic mass is 10.0. The first kappa shape index (κ1) is 11.9. The van der Waals surface area contributed by atoms with Gasteiger partial charge in [-0.15, -0.1) is 0 Å². The van der Waals surface area contributed by atoms with Crippen LogP contribution < -0.4 is 0 Å². The predicted octanol–water partition coefficient (Wildman–Crippen LogP) is 1.31. The van der Waals surface area contributed by atoms with Gasteiger partial charge in [0, 0.05) is 25.7 Å². The van der Waals surface area contributed by atoms with Crippen molar-refractivity contribution in [1.29, 1.82) is 0 Å². The summed E-state index contributed by atoms with van der Waals surface area (Å²) in [5.41, 5.74) is 0.976. The van der Waals surface area contributed by atoms with Crippen molar-refractivity contribution in [3.63, 3.8) is 0 Å². The molecule has 1 atom stereocenters. The summed E-state index contributed by atoms with van der Waals surface area (Å²) < 4.78 is 0. The lowest BCUT2D eigenvalue weighted by molar-refractivity contribution is -0.156. The van der Waals surface area contributed by atoms with E-state index in [0.29, 0.717) is 11.6 Å². The van der Waals surface area contributed by atoms with Gasteiger partial charge in [-0.2, -0.15) is 0 Å². The number of halogens is 1. The first-order valence-corrected chi connectivity index (χ1v) is 5.66. The van der Waals surface area contributed by atoms with Gasteiger partial charge in [-0.25, -0.2) is 0 Å². The molecule has 0 saturated carbocycles. The van der Waals surface area contributed by atoms with E-state index >= 15 is 0 Å². The van der Waals surface area contributed by atoms with E-state index in [9.17, 15) is 9.59 Å². The average molecular weight is 253 g/mol. The van der Waals surface area contributed by atoms with Gasteiger partial charge in [-0.1, -0.05) is 23.7 Å². The predicted molar refractivity (Wildman–Crippen MR) is 64.6 cm³/mol. The first-order chi connectivity index (χ1) is 8.00. The zero-order valence-electron chi connectivity index (χ0n) is 9.68. The molecule has 90 valence electrons. The summed E-state index contributed by atoms with van der Waals surface area (Å²) in [4.78, 5) is 26.1. The Morgan fingerprint density at radius 3 is 2.29 bits per heavy atom. The Bertz CT molecular complexity index is 458. The van der Waals surface area contributed by atoms with Gasteiger partial charge in [0.2, 0.25) is 0 Å². The highest BCUT2D eigenvalue weighted by atomic mass is 35.5. The van der Waals surface area contributed by atoms with E-state index < -0.39 is 11.8 Å². The lowest BCUT2D eigenvalue weighted by Gasteiger charge is -2.37. The molecule has 1 fully saturated rings. The van der Waals surface area contributed by atoms with Crippen LogP contribution in [-0.4, -0.2) is 42.3 Å². The number of hydrogen-bond donors (Lipinski definition) is 0. The van der Waals surface area contributed by atoms with Crippen molar-refractivity contribution in [3.05, 3.63) is 34.9 Å². The summed E-state index contributed by atoms with van der Waals surface area (Å²) in [6.45, 7) is 0.503. The topological polar surface area (TPSA) is 40.6 Å². The molecule has 1 heterocycles. The van der Waals surface area contributed by atoms with Crippen molar-refractivity contribution < 1.29 is 9.59 Å². The number of benzene rings is 1. The maximum atomic E-state index is 11.7. The second-order valence-corrected chi connectivity index (χ2v) is 4.61. The van der Waals surface area contributed by atoms with Crippen LogP contribution in [-0.2, 0) is 9.59 Å². The van der Waals surface area contributed by atoms with Crippen LogP contribution in [0.1, 0.15) is 11.6 Å². The average Bonchev–Trinajstić information content (AvgIpc) is 2.32. The van der Waals surface area contributed by atoms with E-state index in [1.54, 1.807) is 26.2 Å². The third kappa shape index (κ3) is 2.13. The molecule has 17 heavy (non-hydrogen) atoms. The van der Waals surface area contributed by atoms with Crippen LogP contribution in [0.15, 0.2) is 24.3 Å². The molecule has 1 aliphatic heterocycles. The molecule has 0 spiro atoms. The maximum Gasteiger partial charge on any atom is 0.312 e. The molecule has 5 heteroatoms. The van der Waals surface area contributed by atoms with Crippen LogP contribution in [0.5, 0.6) is 0 Å². The third-order valence-electron chi connectivity index (χ3n) is 3.02. The number of hydrogen-bond acceptors (Lipinski definition) is 2. The Morgan fingerprint density at radius 2 is 1.71 bits per heavy atom. The highest BCUT2D eigenvalue weighted by Gasteiger charge is 2.35. The van der Waals surface area contributed by atoms with Crippen molar-refractivity contribution >= 4 is 23.4 Å². The first-order valence-electron chi connectivity index (χ1n) is 5.28.